The molecule has 2 aliphatic rings. The lowest BCUT2D eigenvalue weighted by atomic mass is 9.78. The zero-order valence-electron chi connectivity index (χ0n) is 19.5. The molecule has 182 valence electrons. The maximum Gasteiger partial charge on any atom is 0.324 e. The van der Waals surface area contributed by atoms with Gasteiger partial charge < -0.3 is 14.6 Å². The van der Waals surface area contributed by atoms with Crippen molar-refractivity contribution in [1.29, 1.82) is 0 Å². The Hall–Kier alpha value is -2.10. The van der Waals surface area contributed by atoms with E-state index in [0.29, 0.717) is 24.7 Å². The summed E-state index contributed by atoms with van der Waals surface area (Å²) in [5.74, 6) is -2.31. The van der Waals surface area contributed by atoms with Crippen molar-refractivity contribution in [2.75, 3.05) is 38.4 Å². The van der Waals surface area contributed by atoms with E-state index in [2.05, 4.69) is 5.32 Å². The Balaban J connectivity index is 1.93. The lowest BCUT2D eigenvalue weighted by molar-refractivity contribution is -0.151. The molecule has 0 radical (unpaired) electrons. The highest BCUT2D eigenvalue weighted by Gasteiger charge is 2.68. The molecular weight excluding hydrogens is 444 g/mol. The predicted octanol–water partition coefficient (Wildman–Crippen LogP) is 2.72. The lowest BCUT2D eigenvalue weighted by Gasteiger charge is -2.31. The first-order valence-electron chi connectivity index (χ1n) is 11.6. The van der Waals surface area contributed by atoms with Crippen molar-refractivity contribution in [2.24, 2.45) is 11.8 Å². The molecule has 2 amide bonds. The van der Waals surface area contributed by atoms with Crippen molar-refractivity contribution in [3.63, 3.8) is 0 Å². The van der Waals surface area contributed by atoms with Gasteiger partial charge >= 0.3 is 5.97 Å². The number of nitrogens with one attached hydrogen (secondary N) is 1. The number of carboxylic acid groups (broad SMARTS) is 1. The second-order valence-corrected chi connectivity index (χ2v) is 9.49. The van der Waals surface area contributed by atoms with Crippen LogP contribution in [0.3, 0.4) is 0 Å². The Morgan fingerprint density at radius 1 is 1.12 bits per heavy atom. The first kappa shape index (κ1) is 25.5. The fourth-order valence-corrected chi connectivity index (χ4v) is 5.29. The Morgan fingerprint density at radius 2 is 1.82 bits per heavy atom. The Morgan fingerprint density at radius 3 is 2.42 bits per heavy atom. The zero-order valence-corrected chi connectivity index (χ0v) is 20.4. The zero-order chi connectivity index (χ0) is 24.0. The van der Waals surface area contributed by atoms with Crippen molar-refractivity contribution in [3.05, 3.63) is 29.8 Å². The molecule has 9 heteroatoms. The Bertz CT molecular complexity index is 848. The molecule has 2 N–H and O–H groups in total. The van der Waals surface area contributed by atoms with E-state index in [1.807, 2.05) is 44.4 Å². The molecule has 0 bridgehead atoms. The molecule has 1 aromatic rings. The maximum absolute atomic E-state index is 13.4. The van der Waals surface area contributed by atoms with Gasteiger partial charge in [-0.05, 0) is 49.0 Å². The number of carbonyl (C=O) groups is 3. The van der Waals surface area contributed by atoms with Crippen molar-refractivity contribution in [1.82, 2.24) is 10.2 Å². The van der Waals surface area contributed by atoms with E-state index in [4.69, 9.17) is 9.47 Å². The van der Waals surface area contributed by atoms with Gasteiger partial charge in [0.25, 0.3) is 0 Å². The quantitative estimate of drug-likeness (QED) is 0.329. The van der Waals surface area contributed by atoms with E-state index in [-0.39, 0.29) is 25.5 Å². The maximum atomic E-state index is 13.4. The summed E-state index contributed by atoms with van der Waals surface area (Å²) in [4.78, 5) is 40.6. The number of hydrogen-bond acceptors (Lipinski definition) is 7. The summed E-state index contributed by atoms with van der Waals surface area (Å²) in [7, 11) is 0. The minimum atomic E-state index is -1.50. The van der Waals surface area contributed by atoms with Gasteiger partial charge in [0.2, 0.25) is 11.8 Å². The molecule has 0 aromatic heterocycles. The molecule has 2 saturated heterocycles. The van der Waals surface area contributed by atoms with E-state index in [1.165, 1.54) is 16.7 Å². The number of benzene rings is 1. The number of carbonyl (C=O) groups excluding carboxylic acids is 2. The SMILES string of the molecule is CCCOCCN1C(=O)C2C(c3ccc(OCCC)cc3)NC(CCSC)(C(=O)O)C2C1=O. The Labute approximate surface area is 199 Å². The second kappa shape index (κ2) is 11.4. The number of amides is 2. The fourth-order valence-electron chi connectivity index (χ4n) is 4.76. The molecule has 2 fully saturated rings. The van der Waals surface area contributed by atoms with Gasteiger partial charge in [-0.15, -0.1) is 0 Å². The molecule has 0 saturated carbocycles. The fraction of sp³-hybridized carbons (Fsp3) is 0.625. The highest BCUT2D eigenvalue weighted by Crippen LogP contribution is 2.50. The van der Waals surface area contributed by atoms with Crippen molar-refractivity contribution >= 4 is 29.5 Å². The van der Waals surface area contributed by atoms with Crippen LogP contribution in [0, 0.1) is 11.8 Å². The first-order chi connectivity index (χ1) is 15.9. The van der Waals surface area contributed by atoms with Gasteiger partial charge in [0, 0.05) is 12.6 Å². The molecule has 0 aliphatic carbocycles. The average molecular weight is 479 g/mol. The van der Waals surface area contributed by atoms with Crippen LogP contribution in [0.4, 0.5) is 0 Å². The number of nitrogens with zero attached hydrogens (tertiary/aromatic N) is 1. The number of imide groups is 1. The average Bonchev–Trinajstić information content (AvgIpc) is 3.29. The molecule has 4 unspecified atom stereocenters. The van der Waals surface area contributed by atoms with Gasteiger partial charge in [-0.3, -0.25) is 24.6 Å². The van der Waals surface area contributed by atoms with Crippen LogP contribution in [0.5, 0.6) is 5.75 Å². The highest BCUT2D eigenvalue weighted by atomic mass is 32.2. The van der Waals surface area contributed by atoms with Gasteiger partial charge in [-0.25, -0.2) is 0 Å². The van der Waals surface area contributed by atoms with Gasteiger partial charge in [-0.1, -0.05) is 26.0 Å². The molecule has 4 atom stereocenters. The van der Waals surface area contributed by atoms with E-state index in [1.54, 1.807) is 0 Å². The van der Waals surface area contributed by atoms with E-state index in [9.17, 15) is 19.5 Å². The van der Waals surface area contributed by atoms with Crippen LogP contribution in [0.1, 0.15) is 44.7 Å². The third kappa shape index (κ3) is 5.05. The van der Waals surface area contributed by atoms with Crippen LogP contribution in [0.2, 0.25) is 0 Å². The number of hydrogen-bond donors (Lipinski definition) is 2. The van der Waals surface area contributed by atoms with Gasteiger partial charge in [-0.2, -0.15) is 11.8 Å². The summed E-state index contributed by atoms with van der Waals surface area (Å²) in [6.07, 6.45) is 3.88. The molecule has 33 heavy (non-hydrogen) atoms. The number of rotatable bonds is 13. The summed E-state index contributed by atoms with van der Waals surface area (Å²) in [5.41, 5.74) is -0.729. The van der Waals surface area contributed by atoms with Crippen molar-refractivity contribution in [2.45, 2.75) is 44.7 Å². The van der Waals surface area contributed by atoms with Gasteiger partial charge in [0.15, 0.2) is 0 Å². The molecule has 8 nitrogen and oxygen atoms in total. The van der Waals surface area contributed by atoms with E-state index < -0.39 is 35.3 Å². The lowest BCUT2D eigenvalue weighted by Crippen LogP contribution is -2.56. The standard InChI is InChI=1S/C24H34N2O6S/c1-4-12-31-14-11-26-21(27)18-19(22(26)28)24(23(29)30,10-15-33-3)25-20(18)16-6-8-17(9-7-16)32-13-5-2/h6-9,18-20,25H,4-5,10-15H2,1-3H3,(H,29,30). The van der Waals surface area contributed by atoms with E-state index >= 15 is 0 Å². The molecule has 1 aromatic carbocycles. The van der Waals surface area contributed by atoms with E-state index in [0.717, 1.165) is 18.4 Å². The molecule has 2 heterocycles. The third-order valence-electron chi connectivity index (χ3n) is 6.35. The summed E-state index contributed by atoms with van der Waals surface area (Å²) < 4.78 is 11.1. The van der Waals surface area contributed by atoms with Crippen LogP contribution in [-0.4, -0.2) is 71.7 Å². The van der Waals surface area contributed by atoms with Crippen LogP contribution in [0.25, 0.3) is 0 Å². The van der Waals surface area contributed by atoms with Crippen LogP contribution >= 0.6 is 11.8 Å². The number of thioether (sulfide) groups is 1. The third-order valence-corrected chi connectivity index (χ3v) is 6.96. The molecule has 3 rings (SSSR count). The number of fused-ring (bicyclic) bond motifs is 1. The second-order valence-electron chi connectivity index (χ2n) is 8.50. The van der Waals surface area contributed by atoms with Gasteiger partial charge in [0.05, 0.1) is 31.6 Å². The minimum absolute atomic E-state index is 0.138. The molecular formula is C24H34N2O6S. The van der Waals surface area contributed by atoms with Gasteiger partial charge in [0.1, 0.15) is 11.3 Å². The summed E-state index contributed by atoms with van der Waals surface area (Å²) >= 11 is 1.52. The van der Waals surface area contributed by atoms with Crippen molar-refractivity contribution in [3.8, 4) is 5.75 Å². The smallest absolute Gasteiger partial charge is 0.324 e. The van der Waals surface area contributed by atoms with Crippen LogP contribution in [0.15, 0.2) is 24.3 Å². The summed E-state index contributed by atoms with van der Waals surface area (Å²) in [6, 6.07) is 6.75. The van der Waals surface area contributed by atoms with Crippen LogP contribution in [-0.2, 0) is 19.1 Å². The topological polar surface area (TPSA) is 105 Å². The number of likely N-dealkylation sites (tertiary alicyclic amines) is 1. The Kier molecular flexibility index (Phi) is 8.78. The molecule has 0 spiro atoms. The number of aliphatic carboxylic acids is 1. The molecule has 2 aliphatic heterocycles. The summed E-state index contributed by atoms with van der Waals surface area (Å²) in [5, 5.41) is 13.5. The normalized spacial score (nSPS) is 26.6. The predicted molar refractivity (Wildman–Crippen MR) is 126 cm³/mol. The minimum Gasteiger partial charge on any atom is -0.494 e. The number of ether oxygens (including phenoxy) is 2. The summed E-state index contributed by atoms with van der Waals surface area (Å²) in [6.45, 7) is 5.55. The monoisotopic (exact) mass is 478 g/mol. The van der Waals surface area contributed by atoms with Crippen LogP contribution < -0.4 is 10.1 Å². The highest BCUT2D eigenvalue weighted by molar-refractivity contribution is 7.98. The van der Waals surface area contributed by atoms with Crippen molar-refractivity contribution < 1.29 is 29.0 Å². The first-order valence-corrected chi connectivity index (χ1v) is 13.0. The largest absolute Gasteiger partial charge is 0.494 e. The number of carboxylic acids is 1.